The summed E-state index contributed by atoms with van der Waals surface area (Å²) < 4.78 is 14.5. The van der Waals surface area contributed by atoms with Crippen LogP contribution in [0.1, 0.15) is 56.6 Å². The predicted molar refractivity (Wildman–Crippen MR) is 144 cm³/mol. The van der Waals surface area contributed by atoms with Crippen molar-refractivity contribution in [3.63, 3.8) is 0 Å². The number of nitroso groups, excluding NO2 is 1. The summed E-state index contributed by atoms with van der Waals surface area (Å²) in [6.07, 6.45) is 6.90. The summed E-state index contributed by atoms with van der Waals surface area (Å²) in [6.45, 7) is 0. The number of nitrogens with one attached hydrogen (secondary N) is 1. The van der Waals surface area contributed by atoms with Crippen LogP contribution in [0.15, 0.2) is 67.0 Å². The molecule has 2 fully saturated rings. The highest BCUT2D eigenvalue weighted by molar-refractivity contribution is 6.31. The van der Waals surface area contributed by atoms with Gasteiger partial charge in [0.15, 0.2) is 6.04 Å². The number of halogens is 2. The normalized spacial score (nSPS) is 18.6. The fraction of sp³-hybridized carbons (Fsp3) is 0.357. The van der Waals surface area contributed by atoms with Gasteiger partial charge >= 0.3 is 6.17 Å². The van der Waals surface area contributed by atoms with Crippen LogP contribution < -0.4 is 15.2 Å². The highest BCUT2D eigenvalue weighted by Crippen LogP contribution is 2.35. The van der Waals surface area contributed by atoms with Crippen molar-refractivity contribution in [2.45, 2.75) is 63.2 Å². The minimum atomic E-state index is -1.24. The van der Waals surface area contributed by atoms with Crippen LogP contribution in [0.5, 0.6) is 0 Å². The minimum absolute atomic E-state index is 0.0482. The standard InChI is InChI=1S/C28H28ClFN6O3/c29-23-13-5-4-12-22(23)26(27(38)33-20-9-2-1-3-10-20)35(21-11-6-8-19(30)18-21)36(39)24-14-15-25(37)34(24)28-31-16-7-17-32-28/h4-8,11-13,16-18,20,24,26H,1-3,9-10,14-15H2/p+1. The Labute approximate surface area is 230 Å². The number of nitrogens with zero attached hydrogens (tertiary/aromatic N) is 5. The molecule has 0 spiro atoms. The van der Waals surface area contributed by atoms with E-state index < -0.39 is 23.9 Å². The van der Waals surface area contributed by atoms with Gasteiger partial charge in [0.05, 0.1) is 4.91 Å². The monoisotopic (exact) mass is 551 g/mol. The van der Waals surface area contributed by atoms with Crippen molar-refractivity contribution in [2.75, 3.05) is 9.91 Å². The molecule has 1 saturated carbocycles. The van der Waals surface area contributed by atoms with Crippen LogP contribution in [0.25, 0.3) is 0 Å². The van der Waals surface area contributed by atoms with E-state index in [1.54, 1.807) is 36.4 Å². The molecule has 2 aromatic carbocycles. The maximum absolute atomic E-state index is 14.5. The lowest BCUT2D eigenvalue weighted by molar-refractivity contribution is -0.598. The number of carbonyl (C=O) groups excluding carboxylic acids is 2. The van der Waals surface area contributed by atoms with E-state index in [4.69, 9.17) is 11.6 Å². The highest BCUT2D eigenvalue weighted by atomic mass is 35.5. The van der Waals surface area contributed by atoms with Crippen LogP contribution in [0, 0.1) is 10.7 Å². The average molecular weight is 552 g/mol. The average Bonchev–Trinajstić information content (AvgIpc) is 3.34. The molecule has 2 amide bonds. The van der Waals surface area contributed by atoms with Gasteiger partial charge in [0.1, 0.15) is 16.4 Å². The van der Waals surface area contributed by atoms with Gasteiger partial charge in [0.25, 0.3) is 5.91 Å². The first-order chi connectivity index (χ1) is 18.9. The summed E-state index contributed by atoms with van der Waals surface area (Å²) in [5, 5.41) is 4.56. The Kier molecular flexibility index (Phi) is 8.11. The number of benzene rings is 2. The van der Waals surface area contributed by atoms with Crippen LogP contribution in [0.2, 0.25) is 5.02 Å². The third kappa shape index (κ3) is 5.75. The quantitative estimate of drug-likeness (QED) is 0.308. The number of aromatic nitrogens is 2. The fourth-order valence-corrected chi connectivity index (χ4v) is 5.52. The zero-order valence-electron chi connectivity index (χ0n) is 21.2. The van der Waals surface area contributed by atoms with Crippen LogP contribution in [0.3, 0.4) is 0 Å². The first-order valence-electron chi connectivity index (χ1n) is 13.1. The van der Waals surface area contributed by atoms with E-state index in [0.29, 0.717) is 10.4 Å². The van der Waals surface area contributed by atoms with Gasteiger partial charge in [-0.05, 0) is 37.1 Å². The predicted octanol–water partition coefficient (Wildman–Crippen LogP) is 5.11. The van der Waals surface area contributed by atoms with E-state index in [0.717, 1.165) is 32.1 Å². The zero-order valence-corrected chi connectivity index (χ0v) is 22.0. The van der Waals surface area contributed by atoms with Crippen LogP contribution in [-0.2, 0) is 9.59 Å². The molecule has 1 aliphatic carbocycles. The van der Waals surface area contributed by atoms with Crippen LogP contribution >= 0.6 is 11.6 Å². The van der Waals surface area contributed by atoms with Gasteiger partial charge in [-0.25, -0.2) is 19.3 Å². The summed E-state index contributed by atoms with van der Waals surface area (Å²) in [7, 11) is 0. The Morgan fingerprint density at radius 1 is 1.05 bits per heavy atom. The summed E-state index contributed by atoms with van der Waals surface area (Å²) in [6, 6.07) is 12.5. The number of hydrazine groups is 1. The number of rotatable bonds is 8. The van der Waals surface area contributed by atoms with Gasteiger partial charge in [-0.2, -0.15) is 0 Å². The SMILES string of the molecule is O=C(NC1CCCCC1)C(c1ccccc1Cl)N(c1cccc(F)c1)[N+](=O)C1CCC(=O)N1c1ncccn1. The number of anilines is 2. The second-order valence-electron chi connectivity index (χ2n) is 9.73. The molecule has 9 nitrogen and oxygen atoms in total. The lowest BCUT2D eigenvalue weighted by Crippen LogP contribution is -2.53. The highest BCUT2D eigenvalue weighted by Gasteiger charge is 2.51. The number of hydrogen-bond donors (Lipinski definition) is 1. The summed E-state index contributed by atoms with van der Waals surface area (Å²) in [4.78, 5) is 51.4. The van der Waals surface area contributed by atoms with Gasteiger partial charge in [-0.3, -0.25) is 9.59 Å². The lowest BCUT2D eigenvalue weighted by atomic mass is 9.94. The third-order valence-corrected chi connectivity index (χ3v) is 7.48. The van der Waals surface area contributed by atoms with E-state index >= 15 is 0 Å². The van der Waals surface area contributed by atoms with Crippen LogP contribution in [0.4, 0.5) is 16.0 Å². The zero-order chi connectivity index (χ0) is 27.4. The minimum Gasteiger partial charge on any atom is -0.351 e. The first kappa shape index (κ1) is 26.7. The Morgan fingerprint density at radius 3 is 2.51 bits per heavy atom. The topological polar surface area (TPSA) is 98.5 Å². The molecule has 39 heavy (non-hydrogen) atoms. The molecule has 1 saturated heterocycles. The van der Waals surface area contributed by atoms with E-state index in [-0.39, 0.29) is 41.4 Å². The molecule has 1 aliphatic heterocycles. The molecule has 1 N–H and O–H groups in total. The first-order valence-corrected chi connectivity index (χ1v) is 13.5. The second-order valence-corrected chi connectivity index (χ2v) is 10.1. The Balaban J connectivity index is 1.61. The van der Waals surface area contributed by atoms with Crippen molar-refractivity contribution >= 4 is 35.1 Å². The molecule has 2 unspecified atom stereocenters. The molecule has 2 heterocycles. The molecular formula is C28H29ClFN6O3+. The maximum atomic E-state index is 14.5. The van der Waals surface area contributed by atoms with E-state index in [9.17, 15) is 18.9 Å². The van der Waals surface area contributed by atoms with Gasteiger partial charge < -0.3 is 5.32 Å². The van der Waals surface area contributed by atoms with Gasteiger partial charge in [0, 0.05) is 47.9 Å². The summed E-state index contributed by atoms with van der Waals surface area (Å²) >= 11 is 6.59. The smallest absolute Gasteiger partial charge is 0.318 e. The molecule has 5 rings (SSSR count). The Bertz CT molecular complexity index is 1350. The molecular weight excluding hydrogens is 523 g/mol. The van der Waals surface area contributed by atoms with Gasteiger partial charge in [-0.1, -0.05) is 60.1 Å². The molecule has 3 aromatic rings. The van der Waals surface area contributed by atoms with Gasteiger partial charge in [0.2, 0.25) is 11.9 Å². The number of amides is 2. The van der Waals surface area contributed by atoms with E-state index in [2.05, 4.69) is 15.3 Å². The summed E-state index contributed by atoms with van der Waals surface area (Å²) in [5.74, 6) is -1.27. The van der Waals surface area contributed by atoms with Crippen molar-refractivity contribution in [3.05, 3.63) is 88.3 Å². The molecule has 1 aromatic heterocycles. The second kappa shape index (κ2) is 11.9. The third-order valence-electron chi connectivity index (χ3n) is 7.14. The lowest BCUT2D eigenvalue weighted by Gasteiger charge is -2.30. The maximum Gasteiger partial charge on any atom is 0.318 e. The van der Waals surface area contributed by atoms with Crippen molar-refractivity contribution in [3.8, 4) is 0 Å². The molecule has 202 valence electrons. The fourth-order valence-electron chi connectivity index (χ4n) is 5.28. The summed E-state index contributed by atoms with van der Waals surface area (Å²) in [5.41, 5.74) is 0.520. The molecule has 0 radical (unpaired) electrons. The van der Waals surface area contributed by atoms with Gasteiger partial charge in [-0.15, -0.1) is 0 Å². The largest absolute Gasteiger partial charge is 0.351 e. The molecule has 2 aliphatic rings. The van der Waals surface area contributed by atoms with Crippen molar-refractivity contribution in [1.29, 1.82) is 0 Å². The molecule has 0 bridgehead atoms. The van der Waals surface area contributed by atoms with Crippen molar-refractivity contribution in [2.24, 2.45) is 0 Å². The van der Waals surface area contributed by atoms with Crippen LogP contribution in [-0.4, -0.2) is 38.9 Å². The Morgan fingerprint density at radius 2 is 1.79 bits per heavy atom. The Hall–Kier alpha value is -3.92. The van der Waals surface area contributed by atoms with E-state index in [1.807, 2.05) is 0 Å². The molecule has 11 heteroatoms. The molecule has 2 atom stereocenters. The van der Waals surface area contributed by atoms with E-state index in [1.165, 1.54) is 40.5 Å². The van der Waals surface area contributed by atoms with Crippen molar-refractivity contribution < 1.29 is 18.8 Å². The number of hydrogen-bond acceptors (Lipinski definition) is 5. The number of carbonyl (C=O) groups is 2. The van der Waals surface area contributed by atoms with Crippen molar-refractivity contribution in [1.82, 2.24) is 15.3 Å².